The fraction of sp³-hybridized carbons (Fsp3) is 0.217. The van der Waals surface area contributed by atoms with Crippen LogP contribution in [-0.2, 0) is 6.54 Å². The number of nitrogens with zero attached hydrogens (tertiary/aromatic N) is 2. The van der Waals surface area contributed by atoms with Crippen molar-refractivity contribution in [3.8, 4) is 16.9 Å². The van der Waals surface area contributed by atoms with E-state index < -0.39 is 6.10 Å². The van der Waals surface area contributed by atoms with Crippen LogP contribution in [-0.4, -0.2) is 27.4 Å². The first-order valence-electron chi connectivity index (χ1n) is 9.53. The summed E-state index contributed by atoms with van der Waals surface area (Å²) in [6.07, 6.45) is 0.530. The lowest BCUT2D eigenvalue weighted by Crippen LogP contribution is -2.30. The van der Waals surface area contributed by atoms with Crippen LogP contribution in [0.3, 0.4) is 0 Å². The topological polar surface area (TPSA) is 64.3 Å². The van der Waals surface area contributed by atoms with Gasteiger partial charge in [0.1, 0.15) is 29.1 Å². The number of halogens is 1. The molecule has 0 amide bonds. The third-order valence-corrected chi connectivity index (χ3v) is 5.93. The molecule has 154 valence electrons. The maximum absolute atomic E-state index is 13.1. The maximum atomic E-state index is 13.1. The highest BCUT2D eigenvalue weighted by molar-refractivity contribution is 7.17. The zero-order chi connectivity index (χ0) is 21.3. The molecule has 1 atom stereocenters. The van der Waals surface area contributed by atoms with Gasteiger partial charge in [0.25, 0.3) is 5.56 Å². The average Bonchev–Trinajstić information content (AvgIpc) is 3.17. The third kappa shape index (κ3) is 4.13. The Labute approximate surface area is 177 Å². The van der Waals surface area contributed by atoms with Gasteiger partial charge in [0.2, 0.25) is 0 Å². The molecular formula is C23H21FN2O3S. The number of fused-ring (bicyclic) bond motifs is 1. The molecule has 0 saturated carbocycles. The SMILES string of the molecule is Cc1ccc(-c2csc3ncn(C[C@@H](O)COc4ccc(F)cc4)c(=O)c23)cc1C. The van der Waals surface area contributed by atoms with Crippen LogP contribution in [0, 0.1) is 19.7 Å². The molecular weight excluding hydrogens is 403 g/mol. The number of benzene rings is 2. The van der Waals surface area contributed by atoms with Crippen LogP contribution in [0.15, 0.2) is 59.0 Å². The van der Waals surface area contributed by atoms with E-state index in [1.165, 1.54) is 52.1 Å². The quantitative estimate of drug-likeness (QED) is 0.501. The molecule has 1 N–H and O–H groups in total. The molecule has 5 nitrogen and oxygen atoms in total. The smallest absolute Gasteiger partial charge is 0.262 e. The molecule has 4 rings (SSSR count). The van der Waals surface area contributed by atoms with Gasteiger partial charge in [0, 0.05) is 10.9 Å². The Morgan fingerprint density at radius 1 is 1.17 bits per heavy atom. The molecule has 0 fully saturated rings. The van der Waals surface area contributed by atoms with Crippen molar-refractivity contribution in [3.63, 3.8) is 0 Å². The molecule has 2 aromatic heterocycles. The Balaban J connectivity index is 1.57. The van der Waals surface area contributed by atoms with Crippen LogP contribution in [0.1, 0.15) is 11.1 Å². The van der Waals surface area contributed by atoms with Crippen molar-refractivity contribution in [2.24, 2.45) is 0 Å². The van der Waals surface area contributed by atoms with Gasteiger partial charge < -0.3 is 9.84 Å². The van der Waals surface area contributed by atoms with Gasteiger partial charge in [0.15, 0.2) is 0 Å². The molecule has 0 aliphatic rings. The first-order valence-corrected chi connectivity index (χ1v) is 10.4. The van der Waals surface area contributed by atoms with Crippen molar-refractivity contribution >= 4 is 21.6 Å². The molecule has 30 heavy (non-hydrogen) atoms. The van der Waals surface area contributed by atoms with Crippen LogP contribution < -0.4 is 10.3 Å². The Bertz CT molecular complexity index is 1250. The summed E-state index contributed by atoms with van der Waals surface area (Å²) >= 11 is 1.43. The fourth-order valence-electron chi connectivity index (χ4n) is 3.22. The first kappa shape index (κ1) is 20.3. The number of aliphatic hydroxyl groups is 1. The van der Waals surface area contributed by atoms with Crippen molar-refractivity contribution in [2.75, 3.05) is 6.61 Å². The van der Waals surface area contributed by atoms with E-state index in [0.717, 1.165) is 16.7 Å². The molecule has 0 spiro atoms. The normalized spacial score (nSPS) is 12.3. The summed E-state index contributed by atoms with van der Waals surface area (Å²) in [6.45, 7) is 4.12. The van der Waals surface area contributed by atoms with E-state index in [-0.39, 0.29) is 24.5 Å². The van der Waals surface area contributed by atoms with Gasteiger partial charge >= 0.3 is 0 Å². The second-order valence-corrected chi connectivity index (χ2v) is 8.11. The maximum Gasteiger partial charge on any atom is 0.262 e. The number of ether oxygens (including phenoxy) is 1. The lowest BCUT2D eigenvalue weighted by atomic mass is 10.0. The number of aliphatic hydroxyl groups excluding tert-OH is 1. The molecule has 4 aromatic rings. The molecule has 0 radical (unpaired) electrons. The number of hydrogen-bond donors (Lipinski definition) is 1. The number of aromatic nitrogens is 2. The molecule has 2 heterocycles. The Hall–Kier alpha value is -3.03. The number of rotatable bonds is 6. The second kappa shape index (κ2) is 8.38. The Morgan fingerprint density at radius 2 is 1.93 bits per heavy atom. The molecule has 7 heteroatoms. The van der Waals surface area contributed by atoms with E-state index >= 15 is 0 Å². The molecule has 0 unspecified atom stereocenters. The summed E-state index contributed by atoms with van der Waals surface area (Å²) in [5, 5.41) is 12.8. The van der Waals surface area contributed by atoms with Crippen molar-refractivity contribution in [2.45, 2.75) is 26.5 Å². The van der Waals surface area contributed by atoms with E-state index in [9.17, 15) is 14.3 Å². The van der Waals surface area contributed by atoms with Crippen LogP contribution in [0.2, 0.25) is 0 Å². The summed E-state index contributed by atoms with van der Waals surface area (Å²) in [4.78, 5) is 18.2. The molecule has 0 bridgehead atoms. The van der Waals surface area contributed by atoms with E-state index in [1.807, 2.05) is 24.4 Å². The average molecular weight is 424 g/mol. The Morgan fingerprint density at radius 3 is 2.67 bits per heavy atom. The van der Waals surface area contributed by atoms with Gasteiger partial charge in [-0.2, -0.15) is 0 Å². The van der Waals surface area contributed by atoms with Crippen molar-refractivity contribution in [1.29, 1.82) is 0 Å². The van der Waals surface area contributed by atoms with Crippen molar-refractivity contribution < 1.29 is 14.2 Å². The van der Waals surface area contributed by atoms with Gasteiger partial charge in [-0.05, 0) is 54.8 Å². The molecule has 0 aliphatic heterocycles. The van der Waals surface area contributed by atoms with E-state index in [1.54, 1.807) is 0 Å². The highest BCUT2D eigenvalue weighted by Gasteiger charge is 2.16. The van der Waals surface area contributed by atoms with Crippen molar-refractivity contribution in [3.05, 3.63) is 81.5 Å². The molecule has 2 aromatic carbocycles. The van der Waals surface area contributed by atoms with Crippen molar-refractivity contribution in [1.82, 2.24) is 9.55 Å². The van der Waals surface area contributed by atoms with E-state index in [2.05, 4.69) is 18.0 Å². The minimum absolute atomic E-state index is 0.0240. The van der Waals surface area contributed by atoms with Crippen LogP contribution in [0.4, 0.5) is 4.39 Å². The monoisotopic (exact) mass is 424 g/mol. The number of aryl methyl sites for hydroxylation is 2. The van der Waals surface area contributed by atoms with E-state index in [0.29, 0.717) is 16.0 Å². The van der Waals surface area contributed by atoms with Crippen LogP contribution in [0.25, 0.3) is 21.3 Å². The Kier molecular flexibility index (Phi) is 5.65. The third-order valence-electron chi connectivity index (χ3n) is 5.04. The minimum atomic E-state index is -0.921. The van der Waals surface area contributed by atoms with Gasteiger partial charge in [-0.3, -0.25) is 9.36 Å². The number of thiophene rings is 1. The standard InChI is InChI=1S/C23H21FN2O3S/c1-14-3-4-16(9-15(14)2)20-12-30-22-21(20)23(28)26(13-25-22)10-18(27)11-29-19-7-5-17(24)6-8-19/h3-9,12-13,18,27H,10-11H2,1-2H3/t18-/m1/s1. The van der Waals surface area contributed by atoms with Gasteiger partial charge in [-0.15, -0.1) is 11.3 Å². The summed E-state index contributed by atoms with van der Waals surface area (Å²) < 4.78 is 19.8. The first-order chi connectivity index (χ1) is 14.4. The summed E-state index contributed by atoms with van der Waals surface area (Å²) in [6, 6.07) is 11.7. The van der Waals surface area contributed by atoms with Crippen LogP contribution >= 0.6 is 11.3 Å². The summed E-state index contributed by atoms with van der Waals surface area (Å²) in [5.74, 6) is 0.0930. The zero-order valence-electron chi connectivity index (χ0n) is 16.6. The van der Waals surface area contributed by atoms with E-state index in [4.69, 9.17) is 4.74 Å². The predicted molar refractivity (Wildman–Crippen MR) is 117 cm³/mol. The zero-order valence-corrected chi connectivity index (χ0v) is 17.4. The summed E-state index contributed by atoms with van der Waals surface area (Å²) in [7, 11) is 0. The lowest BCUT2D eigenvalue weighted by Gasteiger charge is -2.14. The molecule has 0 aliphatic carbocycles. The number of hydrogen-bond acceptors (Lipinski definition) is 5. The van der Waals surface area contributed by atoms with Crippen LogP contribution in [0.5, 0.6) is 5.75 Å². The minimum Gasteiger partial charge on any atom is -0.491 e. The fourth-order valence-corrected chi connectivity index (χ4v) is 4.13. The highest BCUT2D eigenvalue weighted by atomic mass is 32.1. The predicted octanol–water partition coefficient (Wildman–Crippen LogP) is 4.32. The largest absolute Gasteiger partial charge is 0.491 e. The van der Waals surface area contributed by atoms with Gasteiger partial charge in [0.05, 0.1) is 18.3 Å². The van der Waals surface area contributed by atoms with Gasteiger partial charge in [-0.25, -0.2) is 9.37 Å². The summed E-state index contributed by atoms with van der Waals surface area (Å²) in [5.41, 5.74) is 3.97. The second-order valence-electron chi connectivity index (χ2n) is 7.25. The highest BCUT2D eigenvalue weighted by Crippen LogP contribution is 2.31. The lowest BCUT2D eigenvalue weighted by molar-refractivity contribution is 0.0914. The molecule has 0 saturated heterocycles. The van der Waals surface area contributed by atoms with Gasteiger partial charge in [-0.1, -0.05) is 18.2 Å².